The number of aromatic amines is 1. The highest BCUT2D eigenvalue weighted by atomic mass is 16.4. The van der Waals surface area contributed by atoms with Gasteiger partial charge in [0.25, 0.3) is 0 Å². The zero-order valence-corrected chi connectivity index (χ0v) is 11.9. The van der Waals surface area contributed by atoms with Crippen LogP contribution in [0.5, 0.6) is 0 Å². The first-order valence-electron chi connectivity index (χ1n) is 6.56. The largest absolute Gasteiger partial charge is 0.479 e. The molecule has 1 aromatic heterocycles. The van der Waals surface area contributed by atoms with Crippen molar-refractivity contribution in [2.24, 2.45) is 0 Å². The van der Waals surface area contributed by atoms with Gasteiger partial charge in [0.15, 0.2) is 6.04 Å². The maximum atomic E-state index is 12.1. The molecule has 110 valence electrons. The van der Waals surface area contributed by atoms with Gasteiger partial charge in [-0.15, -0.1) is 0 Å². The van der Waals surface area contributed by atoms with Gasteiger partial charge in [-0.3, -0.25) is 9.89 Å². The molecule has 0 aliphatic heterocycles. The number of hydrogen-bond donors (Lipinski definition) is 3. The lowest BCUT2D eigenvalue weighted by Crippen LogP contribution is -2.34. The number of carboxylic acids is 1. The van der Waals surface area contributed by atoms with Crippen molar-refractivity contribution in [3.05, 3.63) is 52.8 Å². The Morgan fingerprint density at radius 1 is 1.29 bits per heavy atom. The first-order chi connectivity index (χ1) is 9.99. The monoisotopic (exact) mass is 287 g/mol. The quantitative estimate of drug-likeness (QED) is 0.776. The maximum Gasteiger partial charge on any atom is 0.330 e. The number of carbonyl (C=O) groups excluding carboxylic acids is 1. The van der Waals surface area contributed by atoms with Crippen LogP contribution in [0.25, 0.3) is 0 Å². The summed E-state index contributed by atoms with van der Waals surface area (Å²) in [4.78, 5) is 23.4. The van der Waals surface area contributed by atoms with Crippen LogP contribution in [0, 0.1) is 13.8 Å². The summed E-state index contributed by atoms with van der Waals surface area (Å²) in [6.45, 7) is 3.63. The molecule has 0 spiro atoms. The number of aliphatic carboxylic acids is 1. The molecule has 0 bridgehead atoms. The second-order valence-corrected chi connectivity index (χ2v) is 4.84. The van der Waals surface area contributed by atoms with Crippen molar-refractivity contribution in [1.82, 2.24) is 15.5 Å². The number of H-pyrrole nitrogens is 1. The fourth-order valence-electron chi connectivity index (χ4n) is 2.14. The minimum absolute atomic E-state index is 0.102. The minimum atomic E-state index is -1.09. The average Bonchev–Trinajstić information content (AvgIpc) is 2.77. The van der Waals surface area contributed by atoms with Gasteiger partial charge in [-0.2, -0.15) is 5.10 Å². The van der Waals surface area contributed by atoms with E-state index in [0.29, 0.717) is 5.56 Å². The Morgan fingerprint density at radius 2 is 1.95 bits per heavy atom. The van der Waals surface area contributed by atoms with Crippen LogP contribution in [-0.4, -0.2) is 27.2 Å². The molecule has 1 heterocycles. The van der Waals surface area contributed by atoms with Crippen molar-refractivity contribution < 1.29 is 14.7 Å². The highest BCUT2D eigenvalue weighted by Crippen LogP contribution is 2.14. The molecule has 6 nitrogen and oxygen atoms in total. The highest BCUT2D eigenvalue weighted by Gasteiger charge is 2.22. The van der Waals surface area contributed by atoms with Crippen LogP contribution in [-0.2, 0) is 16.0 Å². The second kappa shape index (κ2) is 6.21. The molecule has 0 radical (unpaired) electrons. The van der Waals surface area contributed by atoms with E-state index in [9.17, 15) is 14.7 Å². The third-order valence-electron chi connectivity index (χ3n) is 3.30. The number of rotatable bonds is 5. The summed E-state index contributed by atoms with van der Waals surface area (Å²) < 4.78 is 0. The van der Waals surface area contributed by atoms with Crippen LogP contribution < -0.4 is 5.32 Å². The molecule has 6 heteroatoms. The predicted molar refractivity (Wildman–Crippen MR) is 76.7 cm³/mol. The van der Waals surface area contributed by atoms with Crippen LogP contribution in [0.1, 0.15) is 28.6 Å². The van der Waals surface area contributed by atoms with E-state index >= 15 is 0 Å². The lowest BCUT2D eigenvalue weighted by molar-refractivity contribution is -0.141. The topological polar surface area (TPSA) is 95.1 Å². The summed E-state index contributed by atoms with van der Waals surface area (Å²) in [7, 11) is 0. The molecule has 1 aromatic carbocycles. The van der Waals surface area contributed by atoms with E-state index in [-0.39, 0.29) is 12.3 Å². The number of nitrogens with one attached hydrogen (secondary N) is 2. The number of benzene rings is 1. The van der Waals surface area contributed by atoms with E-state index in [1.165, 1.54) is 0 Å². The van der Waals surface area contributed by atoms with E-state index in [1.807, 2.05) is 6.92 Å². The Balaban J connectivity index is 2.11. The Kier molecular flexibility index (Phi) is 4.37. The normalized spacial score (nSPS) is 11.9. The third kappa shape index (κ3) is 3.47. The number of carboxylic acid groups (broad SMARTS) is 1. The third-order valence-corrected chi connectivity index (χ3v) is 3.30. The first kappa shape index (κ1) is 14.8. The van der Waals surface area contributed by atoms with Crippen molar-refractivity contribution >= 4 is 11.9 Å². The molecule has 1 amide bonds. The zero-order valence-electron chi connectivity index (χ0n) is 11.9. The number of nitrogens with zero attached hydrogens (tertiary/aromatic N) is 1. The molecule has 3 N–H and O–H groups in total. The molecule has 0 saturated heterocycles. The van der Waals surface area contributed by atoms with Gasteiger partial charge in [0.2, 0.25) is 5.91 Å². The minimum Gasteiger partial charge on any atom is -0.479 e. The Morgan fingerprint density at radius 3 is 2.48 bits per heavy atom. The van der Waals surface area contributed by atoms with E-state index in [1.54, 1.807) is 37.3 Å². The van der Waals surface area contributed by atoms with Gasteiger partial charge < -0.3 is 10.4 Å². The summed E-state index contributed by atoms with van der Waals surface area (Å²) >= 11 is 0. The molecule has 1 unspecified atom stereocenters. The van der Waals surface area contributed by atoms with Gasteiger partial charge in [0.05, 0.1) is 12.1 Å². The Hall–Kier alpha value is -2.63. The van der Waals surface area contributed by atoms with E-state index in [0.717, 1.165) is 17.0 Å². The average molecular weight is 287 g/mol. The maximum absolute atomic E-state index is 12.1. The molecule has 2 aromatic rings. The SMILES string of the molecule is Cc1n[nH]c(C)c1CC(=O)NC(C(=O)O)c1ccccc1. The zero-order chi connectivity index (χ0) is 15.4. The molecule has 1 atom stereocenters. The number of carbonyl (C=O) groups is 2. The molecule has 0 saturated carbocycles. The predicted octanol–water partition coefficient (Wildman–Crippen LogP) is 1.51. The van der Waals surface area contributed by atoms with Crippen molar-refractivity contribution in [2.45, 2.75) is 26.3 Å². The first-order valence-corrected chi connectivity index (χ1v) is 6.56. The number of hydrogen-bond acceptors (Lipinski definition) is 3. The van der Waals surface area contributed by atoms with Crippen LogP contribution in [0.4, 0.5) is 0 Å². The molecule has 0 aliphatic rings. The van der Waals surface area contributed by atoms with Crippen LogP contribution in [0.3, 0.4) is 0 Å². The van der Waals surface area contributed by atoms with Gasteiger partial charge in [0.1, 0.15) is 0 Å². The van der Waals surface area contributed by atoms with Crippen LogP contribution in [0.2, 0.25) is 0 Å². The summed E-state index contributed by atoms with van der Waals surface area (Å²) in [5, 5.41) is 18.6. The van der Waals surface area contributed by atoms with Crippen molar-refractivity contribution in [3.63, 3.8) is 0 Å². The van der Waals surface area contributed by atoms with Gasteiger partial charge in [-0.05, 0) is 19.4 Å². The smallest absolute Gasteiger partial charge is 0.330 e. The van der Waals surface area contributed by atoms with Crippen molar-refractivity contribution in [1.29, 1.82) is 0 Å². The van der Waals surface area contributed by atoms with Crippen molar-refractivity contribution in [2.75, 3.05) is 0 Å². The summed E-state index contributed by atoms with van der Waals surface area (Å²) in [5.41, 5.74) is 2.90. The fraction of sp³-hybridized carbons (Fsp3) is 0.267. The highest BCUT2D eigenvalue weighted by molar-refractivity contribution is 5.86. The van der Waals surface area contributed by atoms with E-state index < -0.39 is 12.0 Å². The van der Waals surface area contributed by atoms with Crippen LogP contribution >= 0.6 is 0 Å². The summed E-state index contributed by atoms with van der Waals surface area (Å²) in [6, 6.07) is 7.57. The molecular formula is C15H17N3O3. The lowest BCUT2D eigenvalue weighted by atomic mass is 10.1. The van der Waals surface area contributed by atoms with Gasteiger partial charge in [-0.1, -0.05) is 30.3 Å². The van der Waals surface area contributed by atoms with E-state index in [2.05, 4.69) is 15.5 Å². The Bertz CT molecular complexity index is 630. The van der Waals surface area contributed by atoms with Gasteiger partial charge in [0, 0.05) is 11.3 Å². The molecule has 2 rings (SSSR count). The van der Waals surface area contributed by atoms with Crippen molar-refractivity contribution in [3.8, 4) is 0 Å². The molecule has 21 heavy (non-hydrogen) atoms. The lowest BCUT2D eigenvalue weighted by Gasteiger charge is -2.15. The number of amides is 1. The summed E-state index contributed by atoms with van der Waals surface area (Å²) in [6.07, 6.45) is 0.102. The molecule has 0 fully saturated rings. The second-order valence-electron chi connectivity index (χ2n) is 4.84. The van der Waals surface area contributed by atoms with Crippen LogP contribution in [0.15, 0.2) is 30.3 Å². The number of aromatic nitrogens is 2. The summed E-state index contributed by atoms with van der Waals surface area (Å²) in [5.74, 6) is -1.44. The number of aryl methyl sites for hydroxylation is 2. The molecule has 0 aliphatic carbocycles. The fourth-order valence-corrected chi connectivity index (χ4v) is 2.14. The van der Waals surface area contributed by atoms with Gasteiger partial charge >= 0.3 is 5.97 Å². The Labute approximate surface area is 122 Å². The van der Waals surface area contributed by atoms with E-state index in [4.69, 9.17) is 0 Å². The standard InChI is InChI=1S/C15H17N3O3/c1-9-12(10(2)18-17-9)8-13(19)16-14(15(20)21)11-6-4-3-5-7-11/h3-7,14H,8H2,1-2H3,(H,16,19)(H,17,18)(H,20,21). The van der Waals surface area contributed by atoms with Gasteiger partial charge in [-0.25, -0.2) is 4.79 Å². The molecular weight excluding hydrogens is 270 g/mol.